The summed E-state index contributed by atoms with van der Waals surface area (Å²) in [5, 5.41) is 5.05. The van der Waals surface area contributed by atoms with Gasteiger partial charge < -0.3 is 5.32 Å². The fraction of sp³-hybridized carbons (Fsp3) is 0.600. The first-order valence-electron chi connectivity index (χ1n) is 2.36. The number of amides is 1. The molecule has 3 heteroatoms. The summed E-state index contributed by atoms with van der Waals surface area (Å²) >= 11 is 4.48. The van der Waals surface area contributed by atoms with Gasteiger partial charge in [-0.25, -0.2) is 0 Å². The van der Waals surface area contributed by atoms with E-state index in [9.17, 15) is 4.79 Å². The number of nitrogens with one attached hydrogen (secondary N) is 1. The van der Waals surface area contributed by atoms with Crippen LogP contribution in [0.2, 0.25) is 0 Å². The molecule has 1 radical (unpaired) electrons. The van der Waals surface area contributed by atoms with Crippen molar-refractivity contribution in [1.29, 1.82) is 0 Å². The van der Waals surface area contributed by atoms with Gasteiger partial charge in [0.1, 0.15) is 0 Å². The molecule has 0 aliphatic heterocycles. The summed E-state index contributed by atoms with van der Waals surface area (Å²) in [7, 11) is 0. The molecule has 0 fully saturated rings. The van der Waals surface area contributed by atoms with E-state index in [1.54, 1.807) is 0 Å². The highest BCUT2D eigenvalue weighted by Gasteiger charge is 1.92. The number of carbonyl (C=O) groups excluding carboxylic acids is 1. The molecule has 0 saturated carbocycles. The van der Waals surface area contributed by atoms with Crippen molar-refractivity contribution in [3.63, 3.8) is 0 Å². The Morgan fingerprint density at radius 2 is 2.62 bits per heavy atom. The first-order valence-corrected chi connectivity index (χ1v) is 2.76. The van der Waals surface area contributed by atoms with Gasteiger partial charge in [0.05, 0.1) is 0 Å². The molecular formula is C5H8NOS. The molecular weight excluding hydrogens is 122 g/mol. The summed E-state index contributed by atoms with van der Waals surface area (Å²) in [5.41, 5.74) is 0. The number of hydrogen-bond acceptors (Lipinski definition) is 2. The molecule has 0 heterocycles. The van der Waals surface area contributed by atoms with Gasteiger partial charge in [0, 0.05) is 17.8 Å². The molecule has 1 N–H and O–H groups in total. The van der Waals surface area contributed by atoms with Crippen LogP contribution < -0.4 is 5.32 Å². The number of carbonyl (C=O) groups is 1. The fourth-order valence-electron chi connectivity index (χ4n) is 0.267. The van der Waals surface area contributed by atoms with Crippen molar-refractivity contribution < 1.29 is 4.79 Å². The minimum absolute atomic E-state index is 0.176. The zero-order valence-electron chi connectivity index (χ0n) is 4.68. The molecule has 0 aromatic heterocycles. The first kappa shape index (κ1) is 7.56. The van der Waals surface area contributed by atoms with Gasteiger partial charge >= 0.3 is 0 Å². The van der Waals surface area contributed by atoms with Gasteiger partial charge in [0.2, 0.25) is 6.41 Å². The van der Waals surface area contributed by atoms with Gasteiger partial charge in [0.15, 0.2) is 0 Å². The Morgan fingerprint density at radius 1 is 2.00 bits per heavy atom. The van der Waals surface area contributed by atoms with Crippen molar-refractivity contribution in [3.05, 3.63) is 0 Å². The van der Waals surface area contributed by atoms with Crippen molar-refractivity contribution in [2.75, 3.05) is 6.54 Å². The van der Waals surface area contributed by atoms with Crippen LogP contribution >= 0.6 is 12.2 Å². The summed E-state index contributed by atoms with van der Waals surface area (Å²) in [6, 6.07) is 0. The Kier molecular flexibility index (Phi) is 4.45. The Hall–Kier alpha value is -0.440. The molecule has 1 atom stereocenters. The summed E-state index contributed by atoms with van der Waals surface area (Å²) in [6.45, 7) is 2.48. The normalized spacial score (nSPS) is 12.1. The monoisotopic (exact) mass is 130 g/mol. The SMILES string of the molecule is CC([C]=S)CNC=O. The van der Waals surface area contributed by atoms with E-state index in [0.29, 0.717) is 13.0 Å². The van der Waals surface area contributed by atoms with E-state index in [1.165, 1.54) is 0 Å². The lowest BCUT2D eigenvalue weighted by Gasteiger charge is -1.98. The molecule has 0 rings (SSSR count). The van der Waals surface area contributed by atoms with Crippen molar-refractivity contribution in [1.82, 2.24) is 5.32 Å². The molecule has 8 heavy (non-hydrogen) atoms. The number of thiocarbonyl (C=S) groups is 1. The van der Waals surface area contributed by atoms with Crippen LogP contribution in [0.4, 0.5) is 0 Å². The minimum Gasteiger partial charge on any atom is -0.358 e. The Balaban J connectivity index is 3.09. The highest BCUT2D eigenvalue weighted by Crippen LogP contribution is 1.84. The van der Waals surface area contributed by atoms with Gasteiger partial charge in [-0.05, 0) is 0 Å². The maximum atomic E-state index is 9.65. The van der Waals surface area contributed by atoms with Crippen LogP contribution in [0, 0.1) is 5.92 Å². The second kappa shape index (κ2) is 4.71. The molecule has 2 nitrogen and oxygen atoms in total. The molecule has 0 aliphatic rings. The maximum Gasteiger partial charge on any atom is 0.207 e. The van der Waals surface area contributed by atoms with Crippen LogP contribution in [-0.4, -0.2) is 18.3 Å². The van der Waals surface area contributed by atoms with E-state index in [2.05, 4.69) is 22.9 Å². The predicted molar refractivity (Wildman–Crippen MR) is 35.8 cm³/mol. The topological polar surface area (TPSA) is 29.1 Å². The van der Waals surface area contributed by atoms with E-state index < -0.39 is 0 Å². The lowest BCUT2D eigenvalue weighted by atomic mass is 10.2. The summed E-state index contributed by atoms with van der Waals surface area (Å²) in [4.78, 5) is 9.65. The van der Waals surface area contributed by atoms with Crippen molar-refractivity contribution in [2.45, 2.75) is 6.92 Å². The van der Waals surface area contributed by atoms with E-state index >= 15 is 0 Å². The fourth-order valence-corrected chi connectivity index (χ4v) is 0.350. The van der Waals surface area contributed by atoms with Crippen molar-refractivity contribution in [2.24, 2.45) is 5.92 Å². The molecule has 0 saturated heterocycles. The quantitative estimate of drug-likeness (QED) is 0.436. The molecule has 45 valence electrons. The average Bonchev–Trinajstić information content (AvgIpc) is 1.83. The van der Waals surface area contributed by atoms with Crippen LogP contribution in [0.5, 0.6) is 0 Å². The lowest BCUT2D eigenvalue weighted by molar-refractivity contribution is -0.109. The molecule has 1 amide bonds. The molecule has 0 aromatic carbocycles. The Morgan fingerprint density at radius 3 is 3.00 bits per heavy atom. The standard InChI is InChI=1S/C5H8NOS/c1-5(3-8)2-6-4-7/h4-5H,2H2,1H3,(H,6,7). The third-order valence-electron chi connectivity index (χ3n) is 0.709. The van der Waals surface area contributed by atoms with Gasteiger partial charge in [-0.15, -0.1) is 0 Å². The second-order valence-corrected chi connectivity index (χ2v) is 1.78. The van der Waals surface area contributed by atoms with E-state index in [-0.39, 0.29) is 5.92 Å². The van der Waals surface area contributed by atoms with E-state index in [0.717, 1.165) is 0 Å². The summed E-state index contributed by atoms with van der Waals surface area (Å²) < 4.78 is 0. The van der Waals surface area contributed by atoms with Crippen molar-refractivity contribution in [3.8, 4) is 0 Å². The Bertz CT molecular complexity index is 84.5. The molecule has 0 aliphatic carbocycles. The van der Waals surface area contributed by atoms with Crippen LogP contribution in [-0.2, 0) is 4.79 Å². The highest BCUT2D eigenvalue weighted by atomic mass is 32.1. The van der Waals surface area contributed by atoms with Gasteiger partial charge in [-0.1, -0.05) is 19.1 Å². The lowest BCUT2D eigenvalue weighted by Crippen LogP contribution is -2.19. The zero-order chi connectivity index (χ0) is 6.41. The highest BCUT2D eigenvalue weighted by molar-refractivity contribution is 7.79. The summed E-state index contributed by atoms with van der Waals surface area (Å²) in [6.07, 6.45) is 0.656. The first-order chi connectivity index (χ1) is 3.81. The molecule has 0 aromatic rings. The minimum atomic E-state index is 0.176. The maximum absolute atomic E-state index is 9.65. The van der Waals surface area contributed by atoms with Crippen LogP contribution in [0.3, 0.4) is 0 Å². The molecule has 1 unspecified atom stereocenters. The average molecular weight is 130 g/mol. The van der Waals surface area contributed by atoms with E-state index in [1.807, 2.05) is 6.92 Å². The smallest absolute Gasteiger partial charge is 0.207 e. The van der Waals surface area contributed by atoms with Gasteiger partial charge in [-0.3, -0.25) is 4.79 Å². The van der Waals surface area contributed by atoms with Crippen molar-refractivity contribution >= 4 is 24.0 Å². The molecule has 0 spiro atoms. The summed E-state index contributed by atoms with van der Waals surface area (Å²) in [5.74, 6) is 0.176. The second-order valence-electron chi connectivity index (χ2n) is 1.54. The van der Waals surface area contributed by atoms with Crippen LogP contribution in [0.1, 0.15) is 6.92 Å². The van der Waals surface area contributed by atoms with Crippen LogP contribution in [0.15, 0.2) is 0 Å². The van der Waals surface area contributed by atoms with Gasteiger partial charge in [0.25, 0.3) is 0 Å². The zero-order valence-corrected chi connectivity index (χ0v) is 5.49. The largest absolute Gasteiger partial charge is 0.358 e. The number of rotatable bonds is 4. The van der Waals surface area contributed by atoms with Crippen LogP contribution in [0.25, 0.3) is 0 Å². The third kappa shape index (κ3) is 3.74. The number of hydrogen-bond donors (Lipinski definition) is 1. The molecule has 0 bridgehead atoms. The van der Waals surface area contributed by atoms with Gasteiger partial charge in [-0.2, -0.15) is 0 Å². The Labute approximate surface area is 54.3 Å². The predicted octanol–water partition coefficient (Wildman–Crippen LogP) is 0.245. The van der Waals surface area contributed by atoms with E-state index in [4.69, 9.17) is 0 Å². The third-order valence-corrected chi connectivity index (χ3v) is 1.11.